The Morgan fingerprint density at radius 1 is 1.33 bits per heavy atom. The number of halogens is 3. The summed E-state index contributed by atoms with van der Waals surface area (Å²) in [6.07, 6.45) is 0.623. The summed E-state index contributed by atoms with van der Waals surface area (Å²) in [6, 6.07) is -0.0858. The number of hydrogen-bond acceptors (Lipinski definition) is 3. The maximum Gasteiger partial charge on any atom is 0.511 e. The fourth-order valence-corrected chi connectivity index (χ4v) is 3.02. The predicted molar refractivity (Wildman–Crippen MR) is 74.4 cm³/mol. The molecule has 0 aromatic rings. The molecule has 124 valence electrons. The van der Waals surface area contributed by atoms with Gasteiger partial charge in [-0.15, -0.1) is 0 Å². The van der Waals surface area contributed by atoms with E-state index < -0.39 is 15.5 Å². The molecule has 0 aliphatic carbocycles. The van der Waals surface area contributed by atoms with E-state index in [0.717, 1.165) is 0 Å². The van der Waals surface area contributed by atoms with E-state index in [1.54, 1.807) is 4.90 Å². The standard InChI is InChI=1S/C11H21F3N4O2S/c1-4-15-10(17(2)3)16-9-5-7-18(8-6-9)21(19,20)11(12,13)14/h9H,4-8H2,1-3H3,(H,15,16). The summed E-state index contributed by atoms with van der Waals surface area (Å²) in [4.78, 5) is 6.02. The number of hydrogen-bond donors (Lipinski definition) is 1. The van der Waals surface area contributed by atoms with Crippen molar-refractivity contribution in [2.75, 3.05) is 33.7 Å². The Balaban J connectivity index is 2.63. The van der Waals surface area contributed by atoms with E-state index in [0.29, 0.717) is 29.7 Å². The molecule has 1 aliphatic heterocycles. The molecule has 0 unspecified atom stereocenters. The van der Waals surface area contributed by atoms with Gasteiger partial charge in [0, 0.05) is 39.8 Å². The summed E-state index contributed by atoms with van der Waals surface area (Å²) in [5, 5.41) is 3.14. The predicted octanol–water partition coefficient (Wildman–Crippen LogP) is 0.827. The van der Waals surface area contributed by atoms with Crippen LogP contribution in [0, 0.1) is 0 Å². The minimum absolute atomic E-state index is 0.0858. The molecule has 10 heteroatoms. The number of nitrogens with zero attached hydrogens (tertiary/aromatic N) is 3. The summed E-state index contributed by atoms with van der Waals surface area (Å²) in [5.41, 5.74) is -5.23. The summed E-state index contributed by atoms with van der Waals surface area (Å²) in [5.74, 6) is 0.648. The first kappa shape index (κ1) is 18.0. The topological polar surface area (TPSA) is 65.0 Å². The average Bonchev–Trinajstić information content (AvgIpc) is 2.37. The quantitative estimate of drug-likeness (QED) is 0.615. The SMILES string of the molecule is CCN=C(NC1CCN(S(=O)(=O)C(F)(F)F)CC1)N(C)C. The second-order valence-electron chi connectivity index (χ2n) is 4.96. The van der Waals surface area contributed by atoms with Crippen molar-refractivity contribution in [3.63, 3.8) is 0 Å². The van der Waals surface area contributed by atoms with Crippen LogP contribution in [0.2, 0.25) is 0 Å². The van der Waals surface area contributed by atoms with Crippen LogP contribution in [0.1, 0.15) is 19.8 Å². The molecule has 0 spiro atoms. The number of sulfonamides is 1. The second-order valence-corrected chi connectivity index (χ2v) is 6.89. The number of nitrogens with one attached hydrogen (secondary N) is 1. The first-order valence-corrected chi connectivity index (χ1v) is 8.08. The molecule has 1 saturated heterocycles. The Hall–Kier alpha value is -1.03. The van der Waals surface area contributed by atoms with Gasteiger partial charge in [0.15, 0.2) is 5.96 Å². The van der Waals surface area contributed by atoms with Gasteiger partial charge in [0.05, 0.1) is 0 Å². The third-order valence-corrected chi connectivity index (χ3v) is 4.78. The number of piperidine rings is 1. The summed E-state index contributed by atoms with van der Waals surface area (Å²) in [6.45, 7) is 2.17. The van der Waals surface area contributed by atoms with Crippen LogP contribution in [0.15, 0.2) is 4.99 Å². The van der Waals surface area contributed by atoms with E-state index in [-0.39, 0.29) is 19.1 Å². The van der Waals surface area contributed by atoms with E-state index in [1.165, 1.54) is 0 Å². The van der Waals surface area contributed by atoms with E-state index in [9.17, 15) is 21.6 Å². The number of aliphatic imine (C=N–C) groups is 1. The molecule has 0 amide bonds. The number of rotatable bonds is 3. The van der Waals surface area contributed by atoms with Crippen molar-refractivity contribution in [1.82, 2.24) is 14.5 Å². The van der Waals surface area contributed by atoms with Crippen LogP contribution in [0.4, 0.5) is 13.2 Å². The maximum atomic E-state index is 12.5. The van der Waals surface area contributed by atoms with Gasteiger partial charge in [0.2, 0.25) is 0 Å². The van der Waals surface area contributed by atoms with Crippen LogP contribution in [-0.4, -0.2) is 68.9 Å². The van der Waals surface area contributed by atoms with Crippen LogP contribution in [0.5, 0.6) is 0 Å². The fraction of sp³-hybridized carbons (Fsp3) is 0.909. The highest BCUT2D eigenvalue weighted by atomic mass is 32.2. The zero-order valence-corrected chi connectivity index (χ0v) is 13.1. The lowest BCUT2D eigenvalue weighted by Crippen LogP contribution is -2.51. The molecule has 0 radical (unpaired) electrons. The van der Waals surface area contributed by atoms with Gasteiger partial charge in [0.25, 0.3) is 0 Å². The molecule has 6 nitrogen and oxygen atoms in total. The van der Waals surface area contributed by atoms with Gasteiger partial charge in [-0.1, -0.05) is 0 Å². The van der Waals surface area contributed by atoms with Crippen molar-refractivity contribution in [2.24, 2.45) is 4.99 Å². The average molecular weight is 330 g/mol. The molecule has 0 bridgehead atoms. The molecule has 21 heavy (non-hydrogen) atoms. The largest absolute Gasteiger partial charge is 0.511 e. The lowest BCUT2D eigenvalue weighted by molar-refractivity contribution is -0.0494. The Morgan fingerprint density at radius 3 is 2.24 bits per heavy atom. The highest BCUT2D eigenvalue weighted by molar-refractivity contribution is 7.90. The Bertz CT molecular complexity index is 468. The van der Waals surface area contributed by atoms with E-state index >= 15 is 0 Å². The second kappa shape index (κ2) is 6.82. The maximum absolute atomic E-state index is 12.5. The van der Waals surface area contributed by atoms with Gasteiger partial charge < -0.3 is 10.2 Å². The van der Waals surface area contributed by atoms with Crippen molar-refractivity contribution < 1.29 is 21.6 Å². The monoisotopic (exact) mass is 330 g/mol. The van der Waals surface area contributed by atoms with Crippen molar-refractivity contribution >= 4 is 16.0 Å². The zero-order chi connectivity index (χ0) is 16.3. The molecule has 1 heterocycles. The molecule has 1 fully saturated rings. The number of alkyl halides is 3. The van der Waals surface area contributed by atoms with E-state index in [1.807, 2.05) is 21.0 Å². The molecular formula is C11H21F3N4O2S. The lowest BCUT2D eigenvalue weighted by Gasteiger charge is -2.33. The minimum Gasteiger partial charge on any atom is -0.353 e. The van der Waals surface area contributed by atoms with Gasteiger partial charge in [-0.05, 0) is 19.8 Å². The van der Waals surface area contributed by atoms with Crippen LogP contribution < -0.4 is 5.32 Å². The fourth-order valence-electron chi connectivity index (χ4n) is 2.04. The molecule has 0 atom stereocenters. The summed E-state index contributed by atoms with van der Waals surface area (Å²) in [7, 11) is -1.59. The van der Waals surface area contributed by atoms with Gasteiger partial charge >= 0.3 is 15.5 Å². The van der Waals surface area contributed by atoms with Gasteiger partial charge in [0.1, 0.15) is 0 Å². The molecule has 1 N–H and O–H groups in total. The number of guanidine groups is 1. The molecule has 0 saturated carbocycles. The highest BCUT2D eigenvalue weighted by Crippen LogP contribution is 2.28. The molecule has 1 rings (SSSR count). The molecule has 1 aliphatic rings. The summed E-state index contributed by atoms with van der Waals surface area (Å²) >= 11 is 0. The minimum atomic E-state index is -5.23. The van der Waals surface area contributed by atoms with Gasteiger partial charge in [-0.3, -0.25) is 4.99 Å². The van der Waals surface area contributed by atoms with Crippen LogP contribution in [0.25, 0.3) is 0 Å². The summed E-state index contributed by atoms with van der Waals surface area (Å²) < 4.78 is 60.5. The van der Waals surface area contributed by atoms with Crippen LogP contribution in [-0.2, 0) is 10.0 Å². The Kier molecular flexibility index (Phi) is 5.85. The third-order valence-electron chi connectivity index (χ3n) is 3.15. The first-order chi connectivity index (χ1) is 9.59. The van der Waals surface area contributed by atoms with Gasteiger partial charge in [-0.2, -0.15) is 17.5 Å². The molecule has 0 aromatic heterocycles. The first-order valence-electron chi connectivity index (χ1n) is 6.64. The third kappa shape index (κ3) is 4.47. The zero-order valence-electron chi connectivity index (χ0n) is 12.3. The van der Waals surface area contributed by atoms with E-state index in [2.05, 4.69) is 10.3 Å². The lowest BCUT2D eigenvalue weighted by atomic mass is 10.1. The van der Waals surface area contributed by atoms with Crippen molar-refractivity contribution in [3.05, 3.63) is 0 Å². The smallest absolute Gasteiger partial charge is 0.353 e. The Morgan fingerprint density at radius 2 is 1.86 bits per heavy atom. The van der Waals surface area contributed by atoms with Crippen LogP contribution >= 0.6 is 0 Å². The Labute approximate surface area is 123 Å². The van der Waals surface area contributed by atoms with Crippen molar-refractivity contribution in [2.45, 2.75) is 31.3 Å². The normalized spacial score (nSPS) is 19.6. The van der Waals surface area contributed by atoms with Crippen molar-refractivity contribution in [1.29, 1.82) is 0 Å². The molecule has 0 aromatic carbocycles. The highest BCUT2D eigenvalue weighted by Gasteiger charge is 2.50. The van der Waals surface area contributed by atoms with Gasteiger partial charge in [-0.25, -0.2) is 8.42 Å². The van der Waals surface area contributed by atoms with Crippen LogP contribution in [0.3, 0.4) is 0 Å². The molecular weight excluding hydrogens is 309 g/mol. The van der Waals surface area contributed by atoms with E-state index in [4.69, 9.17) is 0 Å². The van der Waals surface area contributed by atoms with Crippen molar-refractivity contribution in [3.8, 4) is 0 Å².